The molecule has 0 saturated heterocycles. The fraction of sp³-hybridized carbons (Fsp3) is 0.500. The maximum atomic E-state index is 8.81. The maximum absolute atomic E-state index is 8.81. The first-order valence-corrected chi connectivity index (χ1v) is 2.59. The van der Waals surface area contributed by atoms with Gasteiger partial charge in [-0.25, -0.2) is 4.85 Å². The second kappa shape index (κ2) is 1.97. The lowest BCUT2D eigenvalue weighted by atomic mass is 10.3. The van der Waals surface area contributed by atoms with Crippen LogP contribution in [0.1, 0.15) is 12.8 Å². The number of aliphatic hydroxyl groups is 1. The number of allylic oxidation sites excluding steroid dienone is 1. The van der Waals surface area contributed by atoms with E-state index in [1.807, 2.05) is 0 Å². The van der Waals surface area contributed by atoms with Crippen LogP contribution in [0.25, 0.3) is 4.85 Å². The van der Waals surface area contributed by atoms with Gasteiger partial charge in [0.05, 0.1) is 12.7 Å². The molecule has 42 valence electrons. The molecule has 1 rings (SSSR count). The molecule has 0 unspecified atom stereocenters. The van der Waals surface area contributed by atoms with Gasteiger partial charge in [0.2, 0.25) is 0 Å². The number of rotatable bonds is 0. The lowest BCUT2D eigenvalue weighted by Gasteiger charge is -1.89. The molecule has 0 radical (unpaired) electrons. The Kier molecular flexibility index (Phi) is 1.32. The summed E-state index contributed by atoms with van der Waals surface area (Å²) in [5.41, 5.74) is 0.706. The summed E-state index contributed by atoms with van der Waals surface area (Å²) in [7, 11) is 0. The van der Waals surface area contributed by atoms with Crippen LogP contribution in [0.2, 0.25) is 0 Å². The van der Waals surface area contributed by atoms with E-state index in [4.69, 9.17) is 11.7 Å². The predicted molar refractivity (Wildman–Crippen MR) is 29.9 cm³/mol. The van der Waals surface area contributed by atoms with Gasteiger partial charge in [-0.05, 0) is 12.8 Å². The molecule has 0 heterocycles. The van der Waals surface area contributed by atoms with Crippen molar-refractivity contribution in [2.24, 2.45) is 0 Å². The first-order valence-electron chi connectivity index (χ1n) is 2.59. The Labute approximate surface area is 48.3 Å². The van der Waals surface area contributed by atoms with Gasteiger partial charge in [0.25, 0.3) is 0 Å². The maximum Gasteiger partial charge on any atom is 0.164 e. The summed E-state index contributed by atoms with van der Waals surface area (Å²) in [6.45, 7) is 6.54. The van der Waals surface area contributed by atoms with E-state index in [9.17, 15) is 0 Å². The van der Waals surface area contributed by atoms with E-state index >= 15 is 0 Å². The summed E-state index contributed by atoms with van der Waals surface area (Å²) in [5, 5.41) is 8.81. The summed E-state index contributed by atoms with van der Waals surface area (Å²) in [5.74, 6) is 0. The fourth-order valence-electron chi connectivity index (χ4n) is 0.778. The standard InChI is InChI=1S/C6H7NO/c1-7-5-2-3-6(8)4-5/h4,6,8H,2-3H2/t6-/m0/s1. The Bertz CT molecular complexity index is 154. The average Bonchev–Trinajstić information content (AvgIpc) is 2.14. The molecule has 0 aliphatic heterocycles. The van der Waals surface area contributed by atoms with Crippen LogP contribution in [0, 0.1) is 6.57 Å². The largest absolute Gasteiger partial charge is 0.390 e. The summed E-state index contributed by atoms with van der Waals surface area (Å²) < 4.78 is 0. The summed E-state index contributed by atoms with van der Waals surface area (Å²) in [4.78, 5) is 3.19. The van der Waals surface area contributed by atoms with E-state index in [0.717, 1.165) is 12.8 Å². The Hall–Kier alpha value is -0.810. The second-order valence-corrected chi connectivity index (χ2v) is 1.88. The normalized spacial score (nSPS) is 27.0. The molecule has 0 bridgehead atoms. The van der Waals surface area contributed by atoms with Crippen LogP contribution in [0.5, 0.6) is 0 Å². The van der Waals surface area contributed by atoms with Crippen LogP contribution in [0.15, 0.2) is 11.8 Å². The average molecular weight is 109 g/mol. The van der Waals surface area contributed by atoms with Crippen LogP contribution >= 0.6 is 0 Å². The molecule has 2 nitrogen and oxygen atoms in total. The molecule has 8 heavy (non-hydrogen) atoms. The van der Waals surface area contributed by atoms with Crippen molar-refractivity contribution in [3.8, 4) is 0 Å². The van der Waals surface area contributed by atoms with Gasteiger partial charge in [-0.3, -0.25) is 0 Å². The highest BCUT2D eigenvalue weighted by Gasteiger charge is 2.11. The molecule has 0 fully saturated rings. The molecule has 1 atom stereocenters. The molecule has 0 aromatic carbocycles. The second-order valence-electron chi connectivity index (χ2n) is 1.88. The third-order valence-electron chi connectivity index (χ3n) is 1.22. The topological polar surface area (TPSA) is 24.6 Å². The number of hydrogen-bond donors (Lipinski definition) is 1. The van der Waals surface area contributed by atoms with Crippen molar-refractivity contribution in [3.05, 3.63) is 23.2 Å². The molecule has 1 N–H and O–H groups in total. The van der Waals surface area contributed by atoms with Gasteiger partial charge in [-0.2, -0.15) is 0 Å². The Morgan fingerprint density at radius 2 is 2.62 bits per heavy atom. The van der Waals surface area contributed by atoms with E-state index in [0.29, 0.717) is 5.70 Å². The van der Waals surface area contributed by atoms with E-state index in [1.54, 1.807) is 6.08 Å². The van der Waals surface area contributed by atoms with Gasteiger partial charge < -0.3 is 5.11 Å². The minimum absolute atomic E-state index is 0.348. The zero-order chi connectivity index (χ0) is 5.98. The molecule has 0 aromatic heterocycles. The molecule has 1 aliphatic rings. The van der Waals surface area contributed by atoms with Crippen molar-refractivity contribution in [2.45, 2.75) is 18.9 Å². The van der Waals surface area contributed by atoms with Crippen molar-refractivity contribution in [1.82, 2.24) is 0 Å². The molecule has 0 aromatic rings. The van der Waals surface area contributed by atoms with E-state index in [2.05, 4.69) is 4.85 Å². The van der Waals surface area contributed by atoms with Gasteiger partial charge in [0.15, 0.2) is 5.70 Å². The SMILES string of the molecule is [C-]#[N+]C1=C[C@@H](O)CC1. The molecule has 2 heteroatoms. The first-order chi connectivity index (χ1) is 3.83. The van der Waals surface area contributed by atoms with E-state index in [1.165, 1.54) is 0 Å². The number of aliphatic hydroxyl groups excluding tert-OH is 1. The third kappa shape index (κ3) is 0.877. The molecule has 0 saturated carbocycles. The van der Waals surface area contributed by atoms with Crippen LogP contribution in [0.4, 0.5) is 0 Å². The van der Waals surface area contributed by atoms with Gasteiger partial charge in [-0.15, -0.1) is 0 Å². The summed E-state index contributed by atoms with van der Waals surface area (Å²) >= 11 is 0. The highest BCUT2D eigenvalue weighted by atomic mass is 16.3. The van der Waals surface area contributed by atoms with Crippen LogP contribution in [-0.4, -0.2) is 11.2 Å². The molecule has 0 spiro atoms. The fourth-order valence-corrected chi connectivity index (χ4v) is 0.778. The quantitative estimate of drug-likeness (QED) is 0.460. The van der Waals surface area contributed by atoms with Crippen molar-refractivity contribution in [1.29, 1.82) is 0 Å². The van der Waals surface area contributed by atoms with E-state index in [-0.39, 0.29) is 6.10 Å². The minimum Gasteiger partial charge on any atom is -0.390 e. The minimum atomic E-state index is -0.348. The third-order valence-corrected chi connectivity index (χ3v) is 1.22. The van der Waals surface area contributed by atoms with Gasteiger partial charge >= 0.3 is 0 Å². The molecular weight excluding hydrogens is 102 g/mol. The van der Waals surface area contributed by atoms with Crippen molar-refractivity contribution >= 4 is 0 Å². The van der Waals surface area contributed by atoms with Crippen LogP contribution in [0.3, 0.4) is 0 Å². The highest BCUT2D eigenvalue weighted by Crippen LogP contribution is 2.18. The Morgan fingerprint density at radius 3 is 2.88 bits per heavy atom. The molecule has 1 aliphatic carbocycles. The van der Waals surface area contributed by atoms with E-state index < -0.39 is 0 Å². The van der Waals surface area contributed by atoms with Crippen molar-refractivity contribution in [2.75, 3.05) is 0 Å². The predicted octanol–water partition coefficient (Wildman–Crippen LogP) is 0.944. The zero-order valence-electron chi connectivity index (χ0n) is 4.46. The lowest BCUT2D eigenvalue weighted by molar-refractivity contribution is 0.223. The smallest absolute Gasteiger partial charge is 0.164 e. The van der Waals surface area contributed by atoms with Crippen LogP contribution in [-0.2, 0) is 0 Å². The number of hydrogen-bond acceptors (Lipinski definition) is 1. The van der Waals surface area contributed by atoms with Gasteiger partial charge in [0, 0.05) is 0 Å². The Morgan fingerprint density at radius 1 is 1.88 bits per heavy atom. The Balaban J connectivity index is 2.61. The monoisotopic (exact) mass is 109 g/mol. The lowest BCUT2D eigenvalue weighted by Crippen LogP contribution is -1.93. The van der Waals surface area contributed by atoms with Crippen LogP contribution < -0.4 is 0 Å². The summed E-state index contributed by atoms with van der Waals surface area (Å²) in [6, 6.07) is 0. The summed E-state index contributed by atoms with van der Waals surface area (Å²) in [6.07, 6.45) is 2.76. The molecular formula is C6H7NO. The first kappa shape index (κ1) is 5.33. The number of nitrogens with zero attached hydrogens (tertiary/aromatic N) is 1. The highest BCUT2D eigenvalue weighted by molar-refractivity contribution is 5.17. The van der Waals surface area contributed by atoms with Gasteiger partial charge in [0.1, 0.15) is 0 Å². The van der Waals surface area contributed by atoms with Crippen molar-refractivity contribution in [3.63, 3.8) is 0 Å². The molecule has 0 amide bonds. The zero-order valence-corrected chi connectivity index (χ0v) is 4.46. The van der Waals surface area contributed by atoms with Gasteiger partial charge in [-0.1, -0.05) is 6.08 Å². The van der Waals surface area contributed by atoms with Crippen molar-refractivity contribution < 1.29 is 5.11 Å².